The van der Waals surface area contributed by atoms with Gasteiger partial charge in [-0.3, -0.25) is 4.90 Å². The first-order chi connectivity index (χ1) is 10.3. The summed E-state index contributed by atoms with van der Waals surface area (Å²) in [5.41, 5.74) is 7.59. The Balaban J connectivity index is 1.54. The molecule has 5 heteroatoms. The van der Waals surface area contributed by atoms with Crippen LogP contribution in [0.25, 0.3) is 0 Å². The van der Waals surface area contributed by atoms with Crippen LogP contribution in [-0.2, 0) is 4.74 Å². The molecular weight excluding hydrogens is 266 g/mol. The highest BCUT2D eigenvalue weighted by atomic mass is 16.5. The molecule has 2 unspecified atom stereocenters. The summed E-state index contributed by atoms with van der Waals surface area (Å²) < 4.78 is 11.5. The quantitative estimate of drug-likeness (QED) is 0.812. The summed E-state index contributed by atoms with van der Waals surface area (Å²) in [6.07, 6.45) is 2.85. The first-order valence-corrected chi connectivity index (χ1v) is 7.88. The molecule has 2 aliphatic rings. The topological polar surface area (TPSA) is 59.8 Å². The van der Waals surface area contributed by atoms with Crippen LogP contribution in [-0.4, -0.2) is 49.9 Å². The highest BCUT2D eigenvalue weighted by Gasteiger charge is 2.31. The summed E-state index contributed by atoms with van der Waals surface area (Å²) in [6, 6.07) is 6.48. The third kappa shape index (κ3) is 3.41. The summed E-state index contributed by atoms with van der Waals surface area (Å²) in [5, 5.41) is 3.43. The van der Waals surface area contributed by atoms with Crippen molar-refractivity contribution < 1.29 is 9.47 Å². The predicted octanol–water partition coefficient (Wildman–Crippen LogP) is 1.94. The molecule has 0 aliphatic carbocycles. The maximum atomic E-state index is 5.95. The van der Waals surface area contributed by atoms with Gasteiger partial charge < -0.3 is 20.5 Å². The van der Waals surface area contributed by atoms with E-state index in [9.17, 15) is 0 Å². The van der Waals surface area contributed by atoms with Crippen LogP contribution in [0.1, 0.15) is 19.8 Å². The second kappa shape index (κ2) is 6.54. The summed E-state index contributed by atoms with van der Waals surface area (Å²) in [7, 11) is 0. The molecule has 2 aliphatic heterocycles. The number of nitrogens with two attached hydrogens (primary N) is 1. The second-order valence-electron chi connectivity index (χ2n) is 5.81. The van der Waals surface area contributed by atoms with Gasteiger partial charge in [-0.15, -0.1) is 0 Å². The number of hydrogen-bond acceptors (Lipinski definition) is 5. The minimum Gasteiger partial charge on any atom is -0.492 e. The van der Waals surface area contributed by atoms with Gasteiger partial charge in [0.25, 0.3) is 0 Å². The zero-order valence-corrected chi connectivity index (χ0v) is 12.7. The van der Waals surface area contributed by atoms with Crippen LogP contribution in [0.4, 0.5) is 11.4 Å². The average molecular weight is 291 g/mol. The number of fused-ring (bicyclic) bond motifs is 1. The number of hydrogen-bond donors (Lipinski definition) is 2. The van der Waals surface area contributed by atoms with Crippen LogP contribution in [0.5, 0.6) is 5.75 Å². The van der Waals surface area contributed by atoms with Crippen LogP contribution < -0.4 is 15.8 Å². The molecule has 0 amide bonds. The first-order valence-electron chi connectivity index (χ1n) is 7.88. The fraction of sp³-hybridized carbons (Fsp3) is 0.625. The highest BCUT2D eigenvalue weighted by molar-refractivity contribution is 5.61. The Morgan fingerprint density at radius 3 is 3.24 bits per heavy atom. The van der Waals surface area contributed by atoms with Crippen molar-refractivity contribution in [1.29, 1.82) is 0 Å². The van der Waals surface area contributed by atoms with Crippen LogP contribution in [0.2, 0.25) is 0 Å². The molecule has 3 rings (SSSR count). The van der Waals surface area contributed by atoms with Gasteiger partial charge in [-0.2, -0.15) is 0 Å². The SMILES string of the molecule is CCOc1cc(NCC2CN3CCCC3CO2)ccc1N. The van der Waals surface area contributed by atoms with E-state index < -0.39 is 0 Å². The summed E-state index contributed by atoms with van der Waals surface area (Å²) in [5.74, 6) is 0.742. The van der Waals surface area contributed by atoms with Gasteiger partial charge in [0.15, 0.2) is 0 Å². The fourth-order valence-corrected chi connectivity index (χ4v) is 3.17. The third-order valence-electron chi connectivity index (χ3n) is 4.31. The summed E-state index contributed by atoms with van der Waals surface area (Å²) >= 11 is 0. The molecule has 2 fully saturated rings. The smallest absolute Gasteiger partial charge is 0.144 e. The molecule has 2 heterocycles. The monoisotopic (exact) mass is 291 g/mol. The van der Waals surface area contributed by atoms with E-state index in [0.717, 1.165) is 31.1 Å². The van der Waals surface area contributed by atoms with Crippen molar-refractivity contribution in [3.8, 4) is 5.75 Å². The van der Waals surface area contributed by atoms with Crippen molar-refractivity contribution in [2.75, 3.05) is 43.9 Å². The van der Waals surface area contributed by atoms with Crippen LogP contribution in [0.15, 0.2) is 18.2 Å². The Morgan fingerprint density at radius 2 is 2.38 bits per heavy atom. The number of anilines is 2. The van der Waals surface area contributed by atoms with E-state index in [1.165, 1.54) is 19.4 Å². The van der Waals surface area contributed by atoms with E-state index in [0.29, 0.717) is 18.3 Å². The first kappa shape index (κ1) is 14.5. The number of nitrogens with zero attached hydrogens (tertiary/aromatic N) is 1. The zero-order valence-electron chi connectivity index (χ0n) is 12.7. The van der Waals surface area contributed by atoms with Crippen molar-refractivity contribution >= 4 is 11.4 Å². The van der Waals surface area contributed by atoms with Gasteiger partial charge in [0.05, 0.1) is 25.0 Å². The van der Waals surface area contributed by atoms with Gasteiger partial charge in [-0.25, -0.2) is 0 Å². The standard InChI is InChI=1S/C16H25N3O2/c1-2-20-16-8-12(5-6-15(16)17)18-9-14-10-19-7-3-4-13(19)11-21-14/h5-6,8,13-14,18H,2-4,7,9-11,17H2,1H3. The lowest BCUT2D eigenvalue weighted by Crippen LogP contribution is -2.48. The molecule has 2 atom stereocenters. The lowest BCUT2D eigenvalue weighted by Gasteiger charge is -2.35. The number of rotatable bonds is 5. The average Bonchev–Trinajstić information content (AvgIpc) is 2.96. The second-order valence-corrected chi connectivity index (χ2v) is 5.81. The Bertz CT molecular complexity index is 481. The molecule has 116 valence electrons. The number of morpholine rings is 1. The minimum atomic E-state index is 0.257. The Kier molecular flexibility index (Phi) is 4.51. The van der Waals surface area contributed by atoms with E-state index in [2.05, 4.69) is 10.2 Å². The van der Waals surface area contributed by atoms with Gasteiger partial charge in [0, 0.05) is 30.9 Å². The minimum absolute atomic E-state index is 0.257. The Morgan fingerprint density at radius 1 is 1.48 bits per heavy atom. The molecule has 2 saturated heterocycles. The molecule has 0 aromatic heterocycles. The lowest BCUT2D eigenvalue weighted by molar-refractivity contribution is -0.0415. The largest absolute Gasteiger partial charge is 0.492 e. The van der Waals surface area contributed by atoms with Gasteiger partial charge in [-0.1, -0.05) is 0 Å². The molecule has 0 saturated carbocycles. The molecule has 1 aromatic carbocycles. The highest BCUT2D eigenvalue weighted by Crippen LogP contribution is 2.26. The predicted molar refractivity (Wildman–Crippen MR) is 84.8 cm³/mol. The van der Waals surface area contributed by atoms with E-state index in [1.807, 2.05) is 25.1 Å². The van der Waals surface area contributed by atoms with E-state index in [-0.39, 0.29) is 6.10 Å². The number of ether oxygens (including phenoxy) is 2. The van der Waals surface area contributed by atoms with Crippen molar-refractivity contribution in [1.82, 2.24) is 4.90 Å². The molecule has 0 spiro atoms. The molecule has 21 heavy (non-hydrogen) atoms. The van der Waals surface area contributed by atoms with Gasteiger partial charge in [-0.05, 0) is 38.4 Å². The van der Waals surface area contributed by atoms with Crippen molar-refractivity contribution in [2.24, 2.45) is 0 Å². The van der Waals surface area contributed by atoms with E-state index in [4.69, 9.17) is 15.2 Å². The fourth-order valence-electron chi connectivity index (χ4n) is 3.17. The van der Waals surface area contributed by atoms with Crippen LogP contribution in [0.3, 0.4) is 0 Å². The normalized spacial score (nSPS) is 25.6. The molecule has 1 aromatic rings. The zero-order chi connectivity index (χ0) is 14.7. The Labute approximate surface area is 126 Å². The Hall–Kier alpha value is -1.46. The molecule has 0 bridgehead atoms. The number of nitrogens with one attached hydrogen (secondary N) is 1. The van der Waals surface area contributed by atoms with E-state index in [1.54, 1.807) is 0 Å². The molecule has 3 N–H and O–H groups in total. The van der Waals surface area contributed by atoms with Crippen LogP contribution in [0, 0.1) is 0 Å². The van der Waals surface area contributed by atoms with Gasteiger partial charge in [0.2, 0.25) is 0 Å². The van der Waals surface area contributed by atoms with Crippen molar-refractivity contribution in [3.05, 3.63) is 18.2 Å². The van der Waals surface area contributed by atoms with Crippen LogP contribution >= 0.6 is 0 Å². The van der Waals surface area contributed by atoms with E-state index >= 15 is 0 Å². The molecular formula is C16H25N3O2. The summed E-state index contributed by atoms with van der Waals surface area (Å²) in [6.45, 7) is 6.53. The number of nitrogen functional groups attached to an aromatic ring is 1. The van der Waals surface area contributed by atoms with Gasteiger partial charge >= 0.3 is 0 Å². The maximum absolute atomic E-state index is 5.95. The van der Waals surface area contributed by atoms with Crippen molar-refractivity contribution in [2.45, 2.75) is 31.9 Å². The maximum Gasteiger partial charge on any atom is 0.144 e. The summed E-state index contributed by atoms with van der Waals surface area (Å²) in [4.78, 5) is 2.56. The number of benzene rings is 1. The third-order valence-corrected chi connectivity index (χ3v) is 4.31. The molecule has 0 radical (unpaired) electrons. The lowest BCUT2D eigenvalue weighted by atomic mass is 10.2. The van der Waals surface area contributed by atoms with Gasteiger partial charge in [0.1, 0.15) is 5.75 Å². The molecule has 5 nitrogen and oxygen atoms in total. The van der Waals surface area contributed by atoms with Crippen molar-refractivity contribution in [3.63, 3.8) is 0 Å².